The second-order valence-electron chi connectivity index (χ2n) is 7.45. The summed E-state index contributed by atoms with van der Waals surface area (Å²) in [5.41, 5.74) is 1.09. The molecule has 0 spiro atoms. The Labute approximate surface area is 171 Å². The number of amides is 1. The van der Waals surface area contributed by atoms with E-state index in [1.54, 1.807) is 42.5 Å². The Kier molecular flexibility index (Phi) is 5.93. The SMILES string of the molecule is CC(C)Oc1ccc(NC(=O)[C@H](N=C2NS(=O)(=O)c3ccccc32)C(C)C)cc1. The highest BCUT2D eigenvalue weighted by molar-refractivity contribution is 7.90. The van der Waals surface area contributed by atoms with Crippen molar-refractivity contribution < 1.29 is 17.9 Å². The number of carbonyl (C=O) groups excluding carboxylic acids is 1. The van der Waals surface area contributed by atoms with Crippen LogP contribution in [0.25, 0.3) is 0 Å². The van der Waals surface area contributed by atoms with E-state index in [1.807, 2.05) is 27.7 Å². The zero-order valence-corrected chi connectivity index (χ0v) is 17.7. The number of benzene rings is 2. The third-order valence-corrected chi connectivity index (χ3v) is 5.72. The summed E-state index contributed by atoms with van der Waals surface area (Å²) in [4.78, 5) is 17.5. The van der Waals surface area contributed by atoms with Gasteiger partial charge in [-0.1, -0.05) is 26.0 Å². The highest BCUT2D eigenvalue weighted by atomic mass is 32.2. The first-order valence-electron chi connectivity index (χ1n) is 9.45. The summed E-state index contributed by atoms with van der Waals surface area (Å²) in [6.07, 6.45) is 0.0645. The molecule has 0 unspecified atom stereocenters. The largest absolute Gasteiger partial charge is 0.491 e. The van der Waals surface area contributed by atoms with Crippen molar-refractivity contribution >= 4 is 27.5 Å². The lowest BCUT2D eigenvalue weighted by Gasteiger charge is -2.17. The topological polar surface area (TPSA) is 96.9 Å². The molecular weight excluding hydrogens is 390 g/mol. The molecule has 29 heavy (non-hydrogen) atoms. The number of hydrogen-bond acceptors (Lipinski definition) is 5. The third kappa shape index (κ3) is 4.76. The number of carbonyl (C=O) groups is 1. The average Bonchev–Trinajstić information content (AvgIpc) is 2.91. The average molecular weight is 416 g/mol. The summed E-state index contributed by atoms with van der Waals surface area (Å²) in [5.74, 6) is 0.461. The molecule has 0 fully saturated rings. The molecular formula is C21H25N3O4S. The minimum Gasteiger partial charge on any atom is -0.491 e. The van der Waals surface area contributed by atoms with E-state index in [2.05, 4.69) is 15.0 Å². The highest BCUT2D eigenvalue weighted by Gasteiger charge is 2.32. The molecule has 1 atom stereocenters. The van der Waals surface area contributed by atoms with Gasteiger partial charge in [0.1, 0.15) is 17.6 Å². The van der Waals surface area contributed by atoms with Crippen LogP contribution in [0.15, 0.2) is 58.4 Å². The summed E-state index contributed by atoms with van der Waals surface area (Å²) in [6, 6.07) is 12.9. The number of hydrogen-bond donors (Lipinski definition) is 2. The number of amidine groups is 1. The van der Waals surface area contributed by atoms with Crippen LogP contribution in [0.2, 0.25) is 0 Å². The van der Waals surface area contributed by atoms with Gasteiger partial charge in [-0.05, 0) is 56.2 Å². The Morgan fingerprint density at radius 1 is 1.03 bits per heavy atom. The normalized spacial score (nSPS) is 17.1. The molecule has 0 aromatic heterocycles. The van der Waals surface area contributed by atoms with Gasteiger partial charge in [0.05, 0.1) is 11.0 Å². The lowest BCUT2D eigenvalue weighted by Crippen LogP contribution is -2.34. The van der Waals surface area contributed by atoms with Gasteiger partial charge in [0.15, 0.2) is 0 Å². The first kappa shape index (κ1) is 20.9. The van der Waals surface area contributed by atoms with E-state index in [-0.39, 0.29) is 28.7 Å². The molecule has 1 aliphatic heterocycles. The van der Waals surface area contributed by atoms with Gasteiger partial charge < -0.3 is 10.1 Å². The Hall–Kier alpha value is -2.87. The van der Waals surface area contributed by atoms with Crippen molar-refractivity contribution in [3.63, 3.8) is 0 Å². The Balaban J connectivity index is 1.82. The molecule has 3 rings (SSSR count). The summed E-state index contributed by atoms with van der Waals surface area (Å²) in [6.45, 7) is 7.61. The Morgan fingerprint density at radius 2 is 1.69 bits per heavy atom. The van der Waals surface area contributed by atoms with Crippen LogP contribution in [0.5, 0.6) is 5.75 Å². The summed E-state index contributed by atoms with van der Waals surface area (Å²) in [7, 11) is -3.65. The number of aliphatic imine (C=N–C) groups is 1. The highest BCUT2D eigenvalue weighted by Crippen LogP contribution is 2.24. The maximum Gasteiger partial charge on any atom is 0.263 e. The first-order chi connectivity index (χ1) is 13.7. The fourth-order valence-corrected chi connectivity index (χ4v) is 4.22. The minimum atomic E-state index is -3.65. The van der Waals surface area contributed by atoms with Crippen LogP contribution in [0.1, 0.15) is 33.3 Å². The molecule has 0 aliphatic carbocycles. The van der Waals surface area contributed by atoms with Crippen molar-refractivity contribution in [3.8, 4) is 5.75 Å². The molecule has 2 aromatic carbocycles. The zero-order valence-electron chi connectivity index (χ0n) is 16.8. The Bertz CT molecular complexity index is 1030. The van der Waals surface area contributed by atoms with Crippen LogP contribution in [0, 0.1) is 5.92 Å². The van der Waals surface area contributed by atoms with E-state index in [0.29, 0.717) is 11.3 Å². The van der Waals surface area contributed by atoms with E-state index in [9.17, 15) is 13.2 Å². The molecule has 1 amide bonds. The smallest absolute Gasteiger partial charge is 0.263 e. The van der Waals surface area contributed by atoms with Crippen molar-refractivity contribution in [3.05, 3.63) is 54.1 Å². The number of fused-ring (bicyclic) bond motifs is 1. The molecule has 0 bridgehead atoms. The van der Waals surface area contributed by atoms with Crippen molar-refractivity contribution in [2.75, 3.05) is 5.32 Å². The fourth-order valence-electron chi connectivity index (χ4n) is 2.98. The van der Waals surface area contributed by atoms with Crippen LogP contribution in [0.4, 0.5) is 5.69 Å². The van der Waals surface area contributed by atoms with E-state index in [4.69, 9.17) is 4.74 Å². The molecule has 7 nitrogen and oxygen atoms in total. The number of ether oxygens (including phenoxy) is 1. The van der Waals surface area contributed by atoms with Crippen LogP contribution in [0.3, 0.4) is 0 Å². The molecule has 0 radical (unpaired) electrons. The van der Waals surface area contributed by atoms with E-state index < -0.39 is 16.1 Å². The van der Waals surface area contributed by atoms with Crippen molar-refractivity contribution in [1.29, 1.82) is 0 Å². The lowest BCUT2D eigenvalue weighted by atomic mass is 10.0. The minimum absolute atomic E-state index is 0.0645. The summed E-state index contributed by atoms with van der Waals surface area (Å²) < 4.78 is 32.6. The van der Waals surface area contributed by atoms with Crippen molar-refractivity contribution in [2.24, 2.45) is 10.9 Å². The quantitative estimate of drug-likeness (QED) is 0.757. The second kappa shape index (κ2) is 8.24. The van der Waals surface area contributed by atoms with Gasteiger partial charge in [-0.15, -0.1) is 0 Å². The van der Waals surface area contributed by atoms with Crippen LogP contribution in [-0.4, -0.2) is 32.3 Å². The van der Waals surface area contributed by atoms with Gasteiger partial charge in [-0.2, -0.15) is 0 Å². The van der Waals surface area contributed by atoms with Gasteiger partial charge in [-0.25, -0.2) is 8.42 Å². The van der Waals surface area contributed by atoms with Gasteiger partial charge in [0.25, 0.3) is 10.0 Å². The molecule has 2 aromatic rings. The second-order valence-corrected chi connectivity index (χ2v) is 9.10. The molecule has 0 saturated carbocycles. The van der Waals surface area contributed by atoms with Gasteiger partial charge >= 0.3 is 0 Å². The number of sulfonamides is 1. The van der Waals surface area contributed by atoms with Crippen molar-refractivity contribution in [2.45, 2.75) is 44.7 Å². The first-order valence-corrected chi connectivity index (χ1v) is 10.9. The standard InChI is InChI=1S/C21H25N3O4S/c1-13(2)19(21(25)22-15-9-11-16(12-10-15)28-14(3)4)23-20-17-7-5-6-8-18(17)29(26,27)24-20/h5-14,19H,1-4H3,(H,22,25)(H,23,24)/t19-/m1/s1. The number of nitrogens with zero attached hydrogens (tertiary/aromatic N) is 1. The van der Waals surface area contributed by atoms with Gasteiger partial charge in [0.2, 0.25) is 5.91 Å². The zero-order chi connectivity index (χ0) is 21.2. The molecule has 1 heterocycles. The predicted octanol–water partition coefficient (Wildman–Crippen LogP) is 3.18. The molecule has 8 heteroatoms. The monoisotopic (exact) mass is 415 g/mol. The van der Waals surface area contributed by atoms with Crippen LogP contribution in [-0.2, 0) is 14.8 Å². The third-order valence-electron chi connectivity index (χ3n) is 4.32. The predicted molar refractivity (Wildman–Crippen MR) is 113 cm³/mol. The van der Waals surface area contributed by atoms with E-state index in [0.717, 1.165) is 5.75 Å². The maximum absolute atomic E-state index is 12.9. The Morgan fingerprint density at radius 3 is 2.31 bits per heavy atom. The molecule has 1 aliphatic rings. The van der Waals surface area contributed by atoms with Crippen LogP contribution >= 0.6 is 0 Å². The van der Waals surface area contributed by atoms with E-state index >= 15 is 0 Å². The van der Waals surface area contributed by atoms with Crippen LogP contribution < -0.4 is 14.8 Å². The fraction of sp³-hybridized carbons (Fsp3) is 0.333. The molecule has 0 saturated heterocycles. The molecule has 2 N–H and O–H groups in total. The molecule has 154 valence electrons. The van der Waals surface area contributed by atoms with Gasteiger partial charge in [-0.3, -0.25) is 14.5 Å². The van der Waals surface area contributed by atoms with Crippen molar-refractivity contribution in [1.82, 2.24) is 4.72 Å². The lowest BCUT2D eigenvalue weighted by molar-refractivity contribution is -0.118. The number of anilines is 1. The number of nitrogens with one attached hydrogen (secondary N) is 2. The van der Waals surface area contributed by atoms with Gasteiger partial charge in [0, 0.05) is 11.3 Å². The maximum atomic E-state index is 12.9. The summed E-state index contributed by atoms with van der Waals surface area (Å²) in [5, 5.41) is 2.84. The van der Waals surface area contributed by atoms with E-state index in [1.165, 1.54) is 6.07 Å². The number of rotatable bonds is 6. The summed E-state index contributed by atoms with van der Waals surface area (Å²) >= 11 is 0.